The normalized spacial score (nSPS) is 22.7. The molecule has 21 heavy (non-hydrogen) atoms. The molecule has 0 unspecified atom stereocenters. The van der Waals surface area contributed by atoms with Crippen molar-refractivity contribution in [3.05, 3.63) is 30.1 Å². The number of carbonyl (C=O) groups is 2. The molecule has 0 N–H and O–H groups in total. The van der Waals surface area contributed by atoms with Crippen molar-refractivity contribution in [1.29, 1.82) is 0 Å². The van der Waals surface area contributed by atoms with Crippen molar-refractivity contribution < 1.29 is 14.3 Å². The summed E-state index contributed by atoms with van der Waals surface area (Å²) in [6.45, 7) is 2.53. The van der Waals surface area contributed by atoms with Gasteiger partial charge in [-0.05, 0) is 24.1 Å². The highest BCUT2D eigenvalue weighted by Gasteiger charge is 2.29. The quantitative estimate of drug-likeness (QED) is 0.817. The molecule has 1 aromatic rings. The summed E-state index contributed by atoms with van der Waals surface area (Å²) >= 11 is 0. The Labute approximate surface area is 123 Å². The second-order valence-electron chi connectivity index (χ2n) is 5.40. The third kappa shape index (κ3) is 3.21. The molecule has 0 aliphatic carbocycles. The predicted octanol–water partition coefficient (Wildman–Crippen LogP) is 0.604. The molecule has 6 nitrogen and oxygen atoms in total. The first-order valence-electron chi connectivity index (χ1n) is 7.31. The van der Waals surface area contributed by atoms with Gasteiger partial charge >= 0.3 is 0 Å². The standard InChI is InChI=1S/C15H19N3O3/c19-14-2-1-7-17(14)11-15(20)18-8-9-21-13(10-18)12-3-5-16-6-4-12/h3-6,13H,1-2,7-11H2/t13-/m0/s1. The van der Waals surface area contributed by atoms with E-state index < -0.39 is 0 Å². The number of hydrogen-bond donors (Lipinski definition) is 0. The molecule has 0 spiro atoms. The Balaban J connectivity index is 1.60. The summed E-state index contributed by atoms with van der Waals surface area (Å²) in [5.41, 5.74) is 1.03. The van der Waals surface area contributed by atoms with E-state index >= 15 is 0 Å². The molecule has 0 bridgehead atoms. The van der Waals surface area contributed by atoms with Gasteiger partial charge in [0.25, 0.3) is 0 Å². The number of pyridine rings is 1. The summed E-state index contributed by atoms with van der Waals surface area (Å²) in [5, 5.41) is 0. The zero-order chi connectivity index (χ0) is 14.7. The molecule has 2 amide bonds. The Kier molecular flexibility index (Phi) is 4.15. The topological polar surface area (TPSA) is 62.7 Å². The van der Waals surface area contributed by atoms with E-state index in [-0.39, 0.29) is 24.5 Å². The Morgan fingerprint density at radius 1 is 1.33 bits per heavy atom. The maximum Gasteiger partial charge on any atom is 0.242 e. The molecule has 2 saturated heterocycles. The molecule has 1 aromatic heterocycles. The third-order valence-electron chi connectivity index (χ3n) is 3.99. The Hall–Kier alpha value is -1.95. The lowest BCUT2D eigenvalue weighted by molar-refractivity contribution is -0.143. The van der Waals surface area contributed by atoms with Crippen molar-refractivity contribution in [2.24, 2.45) is 0 Å². The Morgan fingerprint density at radius 3 is 2.86 bits per heavy atom. The van der Waals surface area contributed by atoms with Crippen LogP contribution < -0.4 is 0 Å². The first-order chi connectivity index (χ1) is 10.2. The van der Waals surface area contributed by atoms with E-state index in [2.05, 4.69) is 4.98 Å². The minimum absolute atomic E-state index is 0.00704. The summed E-state index contributed by atoms with van der Waals surface area (Å²) in [6.07, 6.45) is 4.76. The molecule has 3 heterocycles. The van der Waals surface area contributed by atoms with Gasteiger partial charge in [-0.3, -0.25) is 14.6 Å². The lowest BCUT2D eigenvalue weighted by Crippen LogP contribution is -2.46. The van der Waals surface area contributed by atoms with Crippen molar-refractivity contribution in [3.8, 4) is 0 Å². The van der Waals surface area contributed by atoms with Crippen LogP contribution in [0.1, 0.15) is 24.5 Å². The van der Waals surface area contributed by atoms with Crippen LogP contribution in [0.3, 0.4) is 0 Å². The van der Waals surface area contributed by atoms with E-state index in [1.54, 1.807) is 22.2 Å². The van der Waals surface area contributed by atoms with Gasteiger partial charge in [0, 0.05) is 31.9 Å². The number of amides is 2. The maximum atomic E-state index is 12.3. The van der Waals surface area contributed by atoms with E-state index in [1.165, 1.54) is 0 Å². The van der Waals surface area contributed by atoms with Crippen LogP contribution in [0.25, 0.3) is 0 Å². The van der Waals surface area contributed by atoms with Crippen LogP contribution >= 0.6 is 0 Å². The Morgan fingerprint density at radius 2 is 2.14 bits per heavy atom. The van der Waals surface area contributed by atoms with Gasteiger partial charge in [0.2, 0.25) is 11.8 Å². The van der Waals surface area contributed by atoms with Crippen LogP contribution in [-0.2, 0) is 14.3 Å². The number of morpholine rings is 1. The van der Waals surface area contributed by atoms with Gasteiger partial charge in [0.15, 0.2) is 0 Å². The molecule has 2 aliphatic heterocycles. The van der Waals surface area contributed by atoms with Gasteiger partial charge in [0.1, 0.15) is 6.10 Å². The number of hydrogen-bond acceptors (Lipinski definition) is 4. The summed E-state index contributed by atoms with van der Waals surface area (Å²) in [7, 11) is 0. The molecule has 0 saturated carbocycles. The van der Waals surface area contributed by atoms with Crippen molar-refractivity contribution in [2.45, 2.75) is 18.9 Å². The van der Waals surface area contributed by atoms with E-state index in [1.807, 2.05) is 12.1 Å². The second-order valence-corrected chi connectivity index (χ2v) is 5.40. The van der Waals surface area contributed by atoms with Gasteiger partial charge in [0.05, 0.1) is 19.7 Å². The average Bonchev–Trinajstić information content (AvgIpc) is 2.93. The van der Waals surface area contributed by atoms with Crippen LogP contribution in [0.4, 0.5) is 0 Å². The minimum atomic E-state index is -0.111. The van der Waals surface area contributed by atoms with Crippen LogP contribution in [-0.4, -0.2) is 59.4 Å². The Bertz CT molecular complexity index is 520. The molecule has 3 rings (SSSR count). The molecule has 112 valence electrons. The van der Waals surface area contributed by atoms with Crippen LogP contribution in [0, 0.1) is 0 Å². The maximum absolute atomic E-state index is 12.3. The highest BCUT2D eigenvalue weighted by atomic mass is 16.5. The zero-order valence-electron chi connectivity index (χ0n) is 11.9. The third-order valence-corrected chi connectivity index (χ3v) is 3.99. The van der Waals surface area contributed by atoms with E-state index in [9.17, 15) is 9.59 Å². The molecule has 2 aliphatic rings. The zero-order valence-corrected chi connectivity index (χ0v) is 11.9. The fourth-order valence-electron chi connectivity index (χ4n) is 2.79. The summed E-state index contributed by atoms with van der Waals surface area (Å²) in [4.78, 5) is 31.4. The second kappa shape index (κ2) is 6.22. The summed E-state index contributed by atoms with van der Waals surface area (Å²) < 4.78 is 5.73. The number of likely N-dealkylation sites (tertiary alicyclic amines) is 1. The van der Waals surface area contributed by atoms with Crippen LogP contribution in [0.15, 0.2) is 24.5 Å². The number of carbonyl (C=O) groups excluding carboxylic acids is 2. The van der Waals surface area contributed by atoms with Crippen molar-refractivity contribution in [1.82, 2.24) is 14.8 Å². The van der Waals surface area contributed by atoms with Crippen LogP contribution in [0.5, 0.6) is 0 Å². The lowest BCUT2D eigenvalue weighted by Gasteiger charge is -2.34. The molecular formula is C15H19N3O3. The molecule has 6 heteroatoms. The monoisotopic (exact) mass is 289 g/mol. The fraction of sp³-hybridized carbons (Fsp3) is 0.533. The van der Waals surface area contributed by atoms with Gasteiger partial charge < -0.3 is 14.5 Å². The summed E-state index contributed by atoms with van der Waals surface area (Å²) in [6, 6.07) is 3.81. The SMILES string of the molecule is O=C1CCCN1CC(=O)N1CCO[C@H](c2ccncc2)C1. The van der Waals surface area contributed by atoms with Gasteiger partial charge in [-0.1, -0.05) is 0 Å². The molecular weight excluding hydrogens is 270 g/mol. The number of ether oxygens (including phenoxy) is 1. The highest BCUT2D eigenvalue weighted by molar-refractivity contribution is 5.85. The predicted molar refractivity (Wildman–Crippen MR) is 75.3 cm³/mol. The first-order valence-corrected chi connectivity index (χ1v) is 7.31. The summed E-state index contributed by atoms with van der Waals surface area (Å²) in [5.74, 6) is 0.0925. The minimum Gasteiger partial charge on any atom is -0.370 e. The van der Waals surface area contributed by atoms with E-state index in [0.717, 1.165) is 12.0 Å². The van der Waals surface area contributed by atoms with Crippen molar-refractivity contribution in [3.63, 3.8) is 0 Å². The first kappa shape index (κ1) is 14.0. The molecule has 1 atom stereocenters. The van der Waals surface area contributed by atoms with Crippen molar-refractivity contribution in [2.75, 3.05) is 32.8 Å². The molecule has 2 fully saturated rings. The van der Waals surface area contributed by atoms with Gasteiger partial charge in [-0.25, -0.2) is 0 Å². The van der Waals surface area contributed by atoms with E-state index in [0.29, 0.717) is 32.7 Å². The number of rotatable bonds is 3. The molecule has 0 radical (unpaired) electrons. The average molecular weight is 289 g/mol. The largest absolute Gasteiger partial charge is 0.370 e. The number of nitrogens with zero attached hydrogens (tertiary/aromatic N) is 3. The number of aromatic nitrogens is 1. The van der Waals surface area contributed by atoms with Crippen LogP contribution in [0.2, 0.25) is 0 Å². The molecule has 0 aromatic carbocycles. The smallest absolute Gasteiger partial charge is 0.242 e. The lowest BCUT2D eigenvalue weighted by atomic mass is 10.1. The van der Waals surface area contributed by atoms with Crippen molar-refractivity contribution >= 4 is 11.8 Å². The van der Waals surface area contributed by atoms with E-state index in [4.69, 9.17) is 4.74 Å². The van der Waals surface area contributed by atoms with Gasteiger partial charge in [-0.15, -0.1) is 0 Å². The highest BCUT2D eigenvalue weighted by Crippen LogP contribution is 2.22. The van der Waals surface area contributed by atoms with Gasteiger partial charge in [-0.2, -0.15) is 0 Å². The fourth-order valence-corrected chi connectivity index (χ4v) is 2.79.